The average Bonchev–Trinajstić information content (AvgIpc) is 2.66. The molecule has 2 aromatic carbocycles. The van der Waals surface area contributed by atoms with Crippen molar-refractivity contribution >= 4 is 5.97 Å². The molecule has 4 heteroatoms. The maximum Gasteiger partial charge on any atom is 0.304 e. The summed E-state index contributed by atoms with van der Waals surface area (Å²) >= 11 is 0. The molecule has 3 N–H and O–H groups in total. The van der Waals surface area contributed by atoms with E-state index in [1.807, 2.05) is 31.2 Å². The van der Waals surface area contributed by atoms with Crippen LogP contribution < -0.4 is 0 Å². The van der Waals surface area contributed by atoms with Crippen molar-refractivity contribution < 1.29 is 20.1 Å². The van der Waals surface area contributed by atoms with Gasteiger partial charge in [0.2, 0.25) is 0 Å². The lowest BCUT2D eigenvalue weighted by Crippen LogP contribution is -2.27. The predicted molar refractivity (Wildman–Crippen MR) is 112 cm³/mol. The van der Waals surface area contributed by atoms with Crippen LogP contribution in [0.1, 0.15) is 75.1 Å². The van der Waals surface area contributed by atoms with E-state index in [-0.39, 0.29) is 17.9 Å². The Morgan fingerprint density at radius 2 is 1.29 bits per heavy atom. The third-order valence-electron chi connectivity index (χ3n) is 5.54. The molecule has 0 heterocycles. The van der Waals surface area contributed by atoms with Gasteiger partial charge in [-0.25, -0.2) is 0 Å². The van der Waals surface area contributed by atoms with Crippen LogP contribution in [0.4, 0.5) is 0 Å². The molecule has 0 saturated carbocycles. The number of unbranched alkanes of at least 4 members (excludes halogenated alkanes) is 2. The molecule has 0 amide bonds. The van der Waals surface area contributed by atoms with Gasteiger partial charge < -0.3 is 15.3 Å². The Labute approximate surface area is 167 Å². The highest BCUT2D eigenvalue weighted by molar-refractivity contribution is 5.70. The van der Waals surface area contributed by atoms with Crippen molar-refractivity contribution in [1.29, 1.82) is 0 Å². The lowest BCUT2D eigenvalue weighted by Gasteiger charge is -2.30. The fourth-order valence-electron chi connectivity index (χ4n) is 3.67. The van der Waals surface area contributed by atoms with Gasteiger partial charge in [-0.2, -0.15) is 0 Å². The Kier molecular flexibility index (Phi) is 7.50. The number of carboxylic acids is 1. The number of carboxylic acid groups (broad SMARTS) is 1. The molecule has 0 unspecified atom stereocenters. The van der Waals surface area contributed by atoms with Gasteiger partial charge in [0.1, 0.15) is 11.5 Å². The zero-order valence-electron chi connectivity index (χ0n) is 17.2. The molecule has 0 spiro atoms. The molecule has 0 aliphatic rings. The first-order valence-electron chi connectivity index (χ1n) is 10.2. The molecule has 0 aliphatic carbocycles. The van der Waals surface area contributed by atoms with Crippen LogP contribution in [0.15, 0.2) is 36.4 Å². The van der Waals surface area contributed by atoms with Crippen molar-refractivity contribution in [3.8, 4) is 11.5 Å². The molecule has 0 bridgehead atoms. The molecule has 2 rings (SSSR count). The molecular formula is C24H32O4. The van der Waals surface area contributed by atoms with Gasteiger partial charge >= 0.3 is 5.97 Å². The quantitative estimate of drug-likeness (QED) is 0.501. The third-order valence-corrected chi connectivity index (χ3v) is 5.54. The van der Waals surface area contributed by atoms with E-state index in [0.717, 1.165) is 60.8 Å². The molecule has 2 aromatic rings. The summed E-state index contributed by atoms with van der Waals surface area (Å²) < 4.78 is 0. The minimum Gasteiger partial charge on any atom is -0.508 e. The number of benzene rings is 2. The van der Waals surface area contributed by atoms with Crippen molar-refractivity contribution in [3.63, 3.8) is 0 Å². The van der Waals surface area contributed by atoms with Crippen LogP contribution in [0.25, 0.3) is 0 Å². The van der Waals surface area contributed by atoms with Gasteiger partial charge in [0.15, 0.2) is 0 Å². The number of aromatic hydroxyl groups is 2. The van der Waals surface area contributed by atoms with Crippen molar-refractivity contribution in [2.45, 2.75) is 71.1 Å². The molecule has 0 saturated heterocycles. The highest BCUT2D eigenvalue weighted by Crippen LogP contribution is 2.39. The Hall–Kier alpha value is -2.49. The summed E-state index contributed by atoms with van der Waals surface area (Å²) in [5.74, 6) is -0.373. The molecule has 0 aromatic heterocycles. The zero-order valence-corrected chi connectivity index (χ0v) is 17.2. The topological polar surface area (TPSA) is 77.8 Å². The Bertz CT molecular complexity index is 753. The summed E-state index contributed by atoms with van der Waals surface area (Å²) in [4.78, 5) is 11.7. The number of phenolic OH excluding ortho intramolecular Hbond substituents is 2. The normalized spacial score (nSPS) is 11.5. The van der Waals surface area contributed by atoms with Gasteiger partial charge in [-0.05, 0) is 60.1 Å². The molecule has 152 valence electrons. The van der Waals surface area contributed by atoms with Gasteiger partial charge in [-0.15, -0.1) is 0 Å². The number of aryl methyl sites for hydroxylation is 2. The number of carbonyl (C=O) groups is 1. The number of aliphatic carboxylic acids is 1. The second-order valence-corrected chi connectivity index (χ2v) is 7.80. The Morgan fingerprint density at radius 3 is 1.64 bits per heavy atom. The summed E-state index contributed by atoms with van der Waals surface area (Å²) in [5, 5.41) is 30.0. The number of phenols is 2. The number of rotatable bonds is 10. The fraction of sp³-hybridized carbons (Fsp3) is 0.458. The van der Waals surface area contributed by atoms with Gasteiger partial charge in [0.05, 0.1) is 6.42 Å². The maximum absolute atomic E-state index is 11.7. The fourth-order valence-corrected chi connectivity index (χ4v) is 3.67. The Morgan fingerprint density at radius 1 is 0.857 bits per heavy atom. The van der Waals surface area contributed by atoms with Crippen molar-refractivity contribution in [1.82, 2.24) is 0 Å². The Balaban J connectivity index is 2.54. The summed E-state index contributed by atoms with van der Waals surface area (Å²) in [7, 11) is 0. The van der Waals surface area contributed by atoms with Gasteiger partial charge in [-0.3, -0.25) is 4.79 Å². The zero-order chi connectivity index (χ0) is 20.7. The largest absolute Gasteiger partial charge is 0.508 e. The second kappa shape index (κ2) is 9.63. The number of hydrogen-bond acceptors (Lipinski definition) is 3. The molecule has 0 aliphatic heterocycles. The van der Waals surface area contributed by atoms with Gasteiger partial charge in [0, 0.05) is 5.41 Å². The average molecular weight is 385 g/mol. The first kappa shape index (κ1) is 21.8. The molecule has 0 radical (unpaired) electrons. The number of hydrogen-bond donors (Lipinski definition) is 3. The van der Waals surface area contributed by atoms with Crippen molar-refractivity contribution in [2.24, 2.45) is 0 Å². The summed E-state index contributed by atoms with van der Waals surface area (Å²) in [5.41, 5.74) is 2.67. The second-order valence-electron chi connectivity index (χ2n) is 7.80. The molecule has 0 atom stereocenters. The first-order chi connectivity index (χ1) is 13.3. The van der Waals surface area contributed by atoms with E-state index in [1.54, 1.807) is 12.1 Å². The summed E-state index contributed by atoms with van der Waals surface area (Å²) in [6, 6.07) is 10.8. The van der Waals surface area contributed by atoms with Crippen molar-refractivity contribution in [3.05, 3.63) is 58.7 Å². The van der Waals surface area contributed by atoms with Crippen LogP contribution in [0.5, 0.6) is 11.5 Å². The van der Waals surface area contributed by atoms with E-state index in [2.05, 4.69) is 13.8 Å². The minimum absolute atomic E-state index is 0.0665. The predicted octanol–water partition coefficient (Wildman–Crippen LogP) is 5.56. The van der Waals surface area contributed by atoms with Crippen LogP contribution >= 0.6 is 0 Å². The SMILES string of the molecule is CCCCc1cc(C(C)(CC(=O)O)c2ccc(O)c(CCCC)c2)ccc1O. The van der Waals surface area contributed by atoms with Crippen LogP contribution in [-0.2, 0) is 23.1 Å². The van der Waals surface area contributed by atoms with E-state index in [9.17, 15) is 20.1 Å². The van der Waals surface area contributed by atoms with Crippen LogP contribution in [0.2, 0.25) is 0 Å². The molecule has 4 nitrogen and oxygen atoms in total. The maximum atomic E-state index is 11.7. The standard InChI is InChI=1S/C24H32O4/c1-4-6-8-17-14-19(10-12-21(17)25)24(3,16-23(27)28)20-11-13-22(26)18(15-20)9-7-5-2/h10-15,25-26H,4-9,16H2,1-3H3,(H,27,28). The van der Waals surface area contributed by atoms with Gasteiger partial charge in [0.25, 0.3) is 0 Å². The minimum atomic E-state index is -0.881. The monoisotopic (exact) mass is 384 g/mol. The lowest BCUT2D eigenvalue weighted by atomic mass is 9.72. The van der Waals surface area contributed by atoms with E-state index >= 15 is 0 Å². The summed E-state index contributed by atoms with van der Waals surface area (Å²) in [6.07, 6.45) is 5.43. The van der Waals surface area contributed by atoms with Crippen LogP contribution in [0, 0.1) is 0 Å². The molecular weight excluding hydrogens is 352 g/mol. The van der Waals surface area contributed by atoms with Crippen LogP contribution in [0.3, 0.4) is 0 Å². The first-order valence-corrected chi connectivity index (χ1v) is 10.2. The van der Waals surface area contributed by atoms with Gasteiger partial charge in [-0.1, -0.05) is 57.9 Å². The molecule has 28 heavy (non-hydrogen) atoms. The van der Waals surface area contributed by atoms with Crippen molar-refractivity contribution in [2.75, 3.05) is 0 Å². The van der Waals surface area contributed by atoms with E-state index in [1.165, 1.54) is 0 Å². The molecule has 0 fully saturated rings. The lowest BCUT2D eigenvalue weighted by molar-refractivity contribution is -0.138. The van der Waals surface area contributed by atoms with E-state index in [4.69, 9.17) is 0 Å². The highest BCUT2D eigenvalue weighted by Gasteiger charge is 2.33. The highest BCUT2D eigenvalue weighted by atomic mass is 16.4. The van der Waals surface area contributed by atoms with E-state index < -0.39 is 11.4 Å². The van der Waals surface area contributed by atoms with Crippen LogP contribution in [-0.4, -0.2) is 21.3 Å². The smallest absolute Gasteiger partial charge is 0.304 e. The third kappa shape index (κ3) is 5.06. The van der Waals surface area contributed by atoms with E-state index in [0.29, 0.717) is 0 Å². The summed E-state index contributed by atoms with van der Waals surface area (Å²) in [6.45, 7) is 6.13.